The molecule has 1 fully saturated rings. The van der Waals surface area contributed by atoms with Crippen molar-refractivity contribution in [3.8, 4) is 6.07 Å². The zero-order valence-electron chi connectivity index (χ0n) is 16.3. The molecule has 0 aromatic heterocycles. The summed E-state index contributed by atoms with van der Waals surface area (Å²) >= 11 is 0. The first-order valence-corrected chi connectivity index (χ1v) is 9.69. The van der Waals surface area contributed by atoms with E-state index in [0.717, 1.165) is 0 Å². The molecule has 1 aliphatic rings. The number of nitrogens with zero attached hydrogens (tertiary/aromatic N) is 1. The van der Waals surface area contributed by atoms with Gasteiger partial charge in [0.1, 0.15) is 0 Å². The second kappa shape index (κ2) is 9.16. The zero-order valence-corrected chi connectivity index (χ0v) is 16.3. The number of carbonyl (C=O) groups excluding carboxylic acids is 3. The summed E-state index contributed by atoms with van der Waals surface area (Å²) < 4.78 is 0. The van der Waals surface area contributed by atoms with Crippen LogP contribution in [0.4, 0.5) is 11.4 Å². The molecule has 0 heterocycles. The Bertz CT molecular complexity index is 969. The lowest BCUT2D eigenvalue weighted by molar-refractivity contribution is -0.125. The molecule has 6 heteroatoms. The van der Waals surface area contributed by atoms with E-state index in [-0.39, 0.29) is 29.4 Å². The van der Waals surface area contributed by atoms with Gasteiger partial charge in [-0.1, -0.05) is 18.2 Å². The van der Waals surface area contributed by atoms with Gasteiger partial charge in [0.25, 0.3) is 0 Å². The van der Waals surface area contributed by atoms with Gasteiger partial charge in [0.05, 0.1) is 11.6 Å². The minimum atomic E-state index is -0.151. The fourth-order valence-corrected chi connectivity index (χ4v) is 3.59. The normalized spacial score (nSPS) is 18.3. The number of anilines is 2. The Morgan fingerprint density at radius 2 is 1.38 bits per heavy atom. The van der Waals surface area contributed by atoms with Crippen LogP contribution in [0.2, 0.25) is 0 Å². The molecule has 29 heavy (non-hydrogen) atoms. The lowest BCUT2D eigenvalue weighted by Crippen LogP contribution is -2.32. The Balaban J connectivity index is 1.52. The third-order valence-corrected chi connectivity index (χ3v) is 5.26. The van der Waals surface area contributed by atoms with Crippen molar-refractivity contribution in [1.82, 2.24) is 0 Å². The molecule has 148 valence electrons. The smallest absolute Gasteiger partial charge is 0.227 e. The summed E-state index contributed by atoms with van der Waals surface area (Å²) in [5, 5.41) is 14.7. The van der Waals surface area contributed by atoms with Crippen molar-refractivity contribution >= 4 is 29.0 Å². The maximum absolute atomic E-state index is 12.6. The minimum Gasteiger partial charge on any atom is -0.326 e. The lowest BCUT2D eigenvalue weighted by atomic mass is 9.81. The predicted molar refractivity (Wildman–Crippen MR) is 110 cm³/mol. The summed E-state index contributed by atoms with van der Waals surface area (Å²) in [7, 11) is 0. The molecule has 2 aromatic rings. The molecule has 0 saturated heterocycles. The molecule has 1 saturated carbocycles. The molecule has 3 rings (SSSR count). The zero-order chi connectivity index (χ0) is 20.8. The molecule has 1 aliphatic carbocycles. The van der Waals surface area contributed by atoms with E-state index in [1.165, 1.54) is 6.92 Å². The van der Waals surface area contributed by atoms with Crippen molar-refractivity contribution < 1.29 is 14.4 Å². The van der Waals surface area contributed by atoms with Gasteiger partial charge in [-0.2, -0.15) is 5.26 Å². The SMILES string of the molecule is CC(=O)c1cccc(NC(=O)C2CCC(C(=O)Nc3cccc(C#N)c3)CC2)c1. The third kappa shape index (κ3) is 5.29. The molecule has 0 spiro atoms. The van der Waals surface area contributed by atoms with Gasteiger partial charge in [-0.05, 0) is 62.9 Å². The molecule has 2 amide bonds. The second-order valence-corrected chi connectivity index (χ2v) is 7.36. The number of benzene rings is 2. The summed E-state index contributed by atoms with van der Waals surface area (Å²) in [4.78, 5) is 36.6. The Morgan fingerprint density at radius 3 is 1.90 bits per heavy atom. The topological polar surface area (TPSA) is 99.1 Å². The number of amides is 2. The van der Waals surface area contributed by atoms with Crippen molar-refractivity contribution in [1.29, 1.82) is 5.26 Å². The number of nitriles is 1. The highest BCUT2D eigenvalue weighted by molar-refractivity contribution is 5.98. The van der Waals surface area contributed by atoms with Crippen molar-refractivity contribution in [2.75, 3.05) is 10.6 Å². The Kier molecular flexibility index (Phi) is 6.40. The fraction of sp³-hybridized carbons (Fsp3) is 0.304. The van der Waals surface area contributed by atoms with E-state index in [1.807, 2.05) is 0 Å². The molecule has 2 N–H and O–H groups in total. The molecule has 0 atom stereocenters. The van der Waals surface area contributed by atoms with Gasteiger partial charge in [-0.25, -0.2) is 0 Å². The fourth-order valence-electron chi connectivity index (χ4n) is 3.59. The van der Waals surface area contributed by atoms with Gasteiger partial charge < -0.3 is 10.6 Å². The average Bonchev–Trinajstić information content (AvgIpc) is 2.74. The van der Waals surface area contributed by atoms with Crippen LogP contribution in [0.1, 0.15) is 48.5 Å². The molecule has 0 radical (unpaired) electrons. The number of Topliss-reactive ketones (excluding diaryl/α,β-unsaturated/α-hetero) is 1. The highest BCUT2D eigenvalue weighted by Gasteiger charge is 2.30. The molecular formula is C23H23N3O3. The molecule has 6 nitrogen and oxygen atoms in total. The molecule has 0 aliphatic heterocycles. The molecule has 0 unspecified atom stereocenters. The predicted octanol–water partition coefficient (Wildman–Crippen LogP) is 4.14. The number of hydrogen-bond acceptors (Lipinski definition) is 4. The van der Waals surface area contributed by atoms with Crippen molar-refractivity contribution in [2.45, 2.75) is 32.6 Å². The van der Waals surface area contributed by atoms with Gasteiger partial charge in [-0.15, -0.1) is 0 Å². The van der Waals surface area contributed by atoms with Gasteiger partial charge in [0.15, 0.2) is 5.78 Å². The second-order valence-electron chi connectivity index (χ2n) is 7.36. The first-order valence-electron chi connectivity index (χ1n) is 9.69. The molecule has 2 aromatic carbocycles. The number of hydrogen-bond donors (Lipinski definition) is 2. The van der Waals surface area contributed by atoms with Gasteiger partial charge in [-0.3, -0.25) is 14.4 Å². The van der Waals surface area contributed by atoms with Crippen LogP contribution in [0.25, 0.3) is 0 Å². The average molecular weight is 389 g/mol. The van der Waals surface area contributed by atoms with Crippen molar-refractivity contribution in [2.24, 2.45) is 11.8 Å². The van der Waals surface area contributed by atoms with Crippen LogP contribution in [0.15, 0.2) is 48.5 Å². The van der Waals surface area contributed by atoms with E-state index in [9.17, 15) is 14.4 Å². The van der Waals surface area contributed by atoms with Crippen LogP contribution in [-0.4, -0.2) is 17.6 Å². The van der Waals surface area contributed by atoms with E-state index < -0.39 is 0 Å². The summed E-state index contributed by atoms with van der Waals surface area (Å²) in [5.74, 6) is -0.500. The Morgan fingerprint density at radius 1 is 0.862 bits per heavy atom. The van der Waals surface area contributed by atoms with Crippen LogP contribution in [0, 0.1) is 23.2 Å². The molecule has 0 bridgehead atoms. The maximum atomic E-state index is 12.6. The number of nitrogens with one attached hydrogen (secondary N) is 2. The van der Waals surface area contributed by atoms with Gasteiger partial charge >= 0.3 is 0 Å². The van der Waals surface area contributed by atoms with Crippen molar-refractivity contribution in [3.63, 3.8) is 0 Å². The largest absolute Gasteiger partial charge is 0.326 e. The number of ketones is 1. The van der Waals surface area contributed by atoms with Crippen LogP contribution in [0.5, 0.6) is 0 Å². The number of carbonyl (C=O) groups is 3. The van der Waals surface area contributed by atoms with Crippen LogP contribution >= 0.6 is 0 Å². The third-order valence-electron chi connectivity index (χ3n) is 5.26. The maximum Gasteiger partial charge on any atom is 0.227 e. The standard InChI is InChI=1S/C23H23N3O3/c1-15(27)19-5-3-7-21(13-19)26-23(29)18-10-8-17(9-11-18)22(28)25-20-6-2-4-16(12-20)14-24/h2-7,12-13,17-18H,8-11H2,1H3,(H,25,28)(H,26,29). The minimum absolute atomic E-state index is 0.0482. The highest BCUT2D eigenvalue weighted by Crippen LogP contribution is 2.30. The van der Waals surface area contributed by atoms with Crippen molar-refractivity contribution in [3.05, 3.63) is 59.7 Å². The highest BCUT2D eigenvalue weighted by atomic mass is 16.2. The quantitative estimate of drug-likeness (QED) is 0.751. The van der Waals surface area contributed by atoms with E-state index in [1.54, 1.807) is 48.5 Å². The summed E-state index contributed by atoms with van der Waals surface area (Å²) in [6, 6.07) is 15.8. The summed E-state index contributed by atoms with van der Waals surface area (Å²) in [5.41, 5.74) is 2.28. The van der Waals surface area contributed by atoms with E-state index in [4.69, 9.17) is 5.26 Å². The van der Waals surface area contributed by atoms with Crippen LogP contribution in [0.3, 0.4) is 0 Å². The summed E-state index contributed by atoms with van der Waals surface area (Å²) in [6.07, 6.45) is 2.54. The van der Waals surface area contributed by atoms with E-state index in [2.05, 4.69) is 16.7 Å². The Labute approximate surface area is 169 Å². The van der Waals surface area contributed by atoms with E-state index in [0.29, 0.717) is 48.2 Å². The van der Waals surface area contributed by atoms with Gasteiger partial charge in [0, 0.05) is 28.8 Å². The first-order chi connectivity index (χ1) is 14.0. The molecular weight excluding hydrogens is 366 g/mol. The number of rotatable bonds is 5. The van der Waals surface area contributed by atoms with Crippen LogP contribution in [-0.2, 0) is 9.59 Å². The van der Waals surface area contributed by atoms with Crippen LogP contribution < -0.4 is 10.6 Å². The monoisotopic (exact) mass is 389 g/mol. The lowest BCUT2D eigenvalue weighted by Gasteiger charge is -2.27. The van der Waals surface area contributed by atoms with E-state index >= 15 is 0 Å². The summed E-state index contributed by atoms with van der Waals surface area (Å²) in [6.45, 7) is 1.49. The first kappa shape index (κ1) is 20.3. The Hall–Kier alpha value is -3.46. The van der Waals surface area contributed by atoms with Gasteiger partial charge in [0.2, 0.25) is 11.8 Å².